The molecule has 0 heterocycles. The van der Waals surface area contributed by atoms with Crippen LogP contribution >= 0.6 is 0 Å². The fourth-order valence-electron chi connectivity index (χ4n) is 3.42. The minimum Gasteiger partial charge on any atom is -0.241 e. The van der Waals surface area contributed by atoms with Gasteiger partial charge in [-0.05, 0) is 63.8 Å². The Kier molecular flexibility index (Phi) is 6.49. The lowest BCUT2D eigenvalue weighted by molar-refractivity contribution is -0.0709. The van der Waals surface area contributed by atoms with Crippen molar-refractivity contribution in [2.75, 3.05) is 0 Å². The highest BCUT2D eigenvalue weighted by atomic mass is 19.4. The van der Waals surface area contributed by atoms with Crippen LogP contribution < -0.4 is 0 Å². The van der Waals surface area contributed by atoms with Crippen LogP contribution in [0.2, 0.25) is 0 Å². The second-order valence-corrected chi connectivity index (χ2v) is 7.41. The molecule has 2 rings (SSSR count). The average Bonchev–Trinajstić information content (AvgIpc) is 2.52. The molecule has 8 heteroatoms. The fraction of sp³-hybridized carbons (Fsp3) is 0.364. The lowest BCUT2D eigenvalue weighted by atomic mass is 10.0. The molecule has 0 fully saturated rings. The Bertz CT molecular complexity index is 897. The van der Waals surface area contributed by atoms with Gasteiger partial charge in [0.25, 0.3) is 0 Å². The zero-order valence-corrected chi connectivity index (χ0v) is 17.5. The SMILES string of the molecule is Cc1cc(C)c(N=C(C(=Nc2c(C)cc(C)cc2C)C(F)(F)F)C(F)(F)F)c(C)c1. The first-order chi connectivity index (χ1) is 13.6. The fourth-order valence-corrected chi connectivity index (χ4v) is 3.42. The highest BCUT2D eigenvalue weighted by Gasteiger charge is 2.50. The van der Waals surface area contributed by atoms with E-state index in [0.717, 1.165) is 11.1 Å². The molecule has 0 radical (unpaired) electrons. The van der Waals surface area contributed by atoms with E-state index in [4.69, 9.17) is 0 Å². The quantitative estimate of drug-likeness (QED) is 0.357. The van der Waals surface area contributed by atoms with E-state index in [9.17, 15) is 26.3 Å². The van der Waals surface area contributed by atoms with Crippen molar-refractivity contribution in [3.8, 4) is 0 Å². The van der Waals surface area contributed by atoms with Gasteiger partial charge >= 0.3 is 12.4 Å². The van der Waals surface area contributed by atoms with Crippen molar-refractivity contribution in [2.45, 2.75) is 53.9 Å². The third-order valence-electron chi connectivity index (χ3n) is 4.48. The molecule has 0 aliphatic heterocycles. The summed E-state index contributed by atoms with van der Waals surface area (Å²) in [5.74, 6) is 0. The average molecular weight is 428 g/mol. The molecule has 0 saturated carbocycles. The molecule has 30 heavy (non-hydrogen) atoms. The molecule has 0 N–H and O–H groups in total. The molecule has 0 spiro atoms. The maximum atomic E-state index is 13.8. The first-order valence-corrected chi connectivity index (χ1v) is 9.09. The highest BCUT2D eigenvalue weighted by molar-refractivity contribution is 6.47. The molecule has 0 aliphatic carbocycles. The van der Waals surface area contributed by atoms with Gasteiger partial charge in [0.1, 0.15) is 0 Å². The van der Waals surface area contributed by atoms with Crippen molar-refractivity contribution >= 4 is 22.8 Å². The lowest BCUT2D eigenvalue weighted by Gasteiger charge is -2.18. The number of hydrogen-bond acceptors (Lipinski definition) is 2. The number of benzene rings is 2. The number of rotatable bonds is 3. The smallest absolute Gasteiger partial charge is 0.241 e. The Hall–Kier alpha value is -2.64. The van der Waals surface area contributed by atoms with Crippen molar-refractivity contribution in [1.29, 1.82) is 0 Å². The van der Waals surface area contributed by atoms with E-state index >= 15 is 0 Å². The minimum atomic E-state index is -5.36. The molecule has 0 bridgehead atoms. The first kappa shape index (κ1) is 23.6. The molecule has 0 atom stereocenters. The van der Waals surface area contributed by atoms with E-state index in [0.29, 0.717) is 22.3 Å². The van der Waals surface area contributed by atoms with Crippen LogP contribution in [0.15, 0.2) is 34.3 Å². The first-order valence-electron chi connectivity index (χ1n) is 9.09. The zero-order chi connectivity index (χ0) is 23.0. The summed E-state index contributed by atoms with van der Waals surface area (Å²) in [6.07, 6.45) is -10.7. The van der Waals surface area contributed by atoms with Crippen LogP contribution in [0.4, 0.5) is 37.7 Å². The number of aliphatic imine (C=N–C) groups is 2. The molecule has 0 aromatic heterocycles. The molecule has 0 aliphatic rings. The van der Waals surface area contributed by atoms with Gasteiger partial charge in [-0.1, -0.05) is 35.4 Å². The van der Waals surface area contributed by atoms with Gasteiger partial charge in [-0.3, -0.25) is 0 Å². The van der Waals surface area contributed by atoms with E-state index in [2.05, 4.69) is 9.98 Å². The summed E-state index contributed by atoms with van der Waals surface area (Å²) < 4.78 is 82.7. The van der Waals surface area contributed by atoms with Crippen molar-refractivity contribution < 1.29 is 26.3 Å². The third kappa shape index (κ3) is 5.29. The second kappa shape index (κ2) is 8.24. The van der Waals surface area contributed by atoms with Gasteiger partial charge in [0.05, 0.1) is 11.4 Å². The Labute approximate surface area is 171 Å². The molecule has 0 saturated heterocycles. The van der Waals surface area contributed by atoms with Gasteiger partial charge in [0.15, 0.2) is 11.4 Å². The summed E-state index contributed by atoms with van der Waals surface area (Å²) in [6, 6.07) is 6.27. The second-order valence-electron chi connectivity index (χ2n) is 7.41. The maximum Gasteiger partial charge on any atom is 0.435 e. The van der Waals surface area contributed by atoms with E-state index in [1.165, 1.54) is 27.7 Å². The Morgan fingerprint density at radius 1 is 0.533 bits per heavy atom. The molecule has 2 nitrogen and oxygen atoms in total. The summed E-state index contributed by atoms with van der Waals surface area (Å²) in [7, 11) is 0. The number of hydrogen-bond donors (Lipinski definition) is 0. The Morgan fingerprint density at radius 3 is 0.967 bits per heavy atom. The van der Waals surface area contributed by atoms with Crippen molar-refractivity contribution in [1.82, 2.24) is 0 Å². The maximum absolute atomic E-state index is 13.8. The normalized spacial score (nSPS) is 13.7. The molecule has 2 aromatic carbocycles. The largest absolute Gasteiger partial charge is 0.435 e. The van der Waals surface area contributed by atoms with Crippen molar-refractivity contribution in [3.63, 3.8) is 0 Å². The van der Waals surface area contributed by atoms with Crippen LogP contribution in [0.5, 0.6) is 0 Å². The zero-order valence-electron chi connectivity index (χ0n) is 17.5. The molecule has 0 amide bonds. The number of nitrogens with zero attached hydrogens (tertiary/aromatic N) is 2. The number of aryl methyl sites for hydroxylation is 6. The van der Waals surface area contributed by atoms with Crippen molar-refractivity contribution in [3.05, 3.63) is 57.6 Å². The Balaban J connectivity index is 2.87. The monoisotopic (exact) mass is 428 g/mol. The van der Waals surface area contributed by atoms with Crippen LogP contribution in [0, 0.1) is 41.5 Å². The summed E-state index contributed by atoms with van der Waals surface area (Å²) in [5, 5.41) is 0. The topological polar surface area (TPSA) is 24.7 Å². The molecular formula is C22H22F6N2. The third-order valence-corrected chi connectivity index (χ3v) is 4.48. The standard InChI is InChI=1S/C22H22F6N2/c1-11-7-13(3)17(14(4)8-11)29-19(21(23,24)25)20(22(26,27)28)30-18-15(5)9-12(2)10-16(18)6/h7-10H,1-6H3. The lowest BCUT2D eigenvalue weighted by Crippen LogP contribution is -2.40. The van der Waals surface area contributed by atoms with Crippen LogP contribution in [-0.4, -0.2) is 23.8 Å². The van der Waals surface area contributed by atoms with Gasteiger partial charge in [-0.2, -0.15) is 26.3 Å². The minimum absolute atomic E-state index is 0.151. The summed E-state index contributed by atoms with van der Waals surface area (Å²) in [5.41, 5.74) is -1.51. The van der Waals surface area contributed by atoms with Crippen molar-refractivity contribution in [2.24, 2.45) is 9.98 Å². The van der Waals surface area contributed by atoms with E-state index in [1.807, 2.05) is 0 Å². The molecule has 162 valence electrons. The van der Waals surface area contributed by atoms with E-state index < -0.39 is 23.8 Å². The molecule has 2 aromatic rings. The predicted molar refractivity (Wildman–Crippen MR) is 108 cm³/mol. The summed E-state index contributed by atoms with van der Waals surface area (Å²) >= 11 is 0. The molecular weight excluding hydrogens is 406 g/mol. The summed E-state index contributed by atoms with van der Waals surface area (Å²) in [4.78, 5) is 6.90. The van der Waals surface area contributed by atoms with Crippen LogP contribution in [-0.2, 0) is 0 Å². The van der Waals surface area contributed by atoms with E-state index in [-0.39, 0.29) is 11.4 Å². The molecule has 0 unspecified atom stereocenters. The summed E-state index contributed by atoms with van der Waals surface area (Å²) in [6.45, 7) is 9.50. The van der Waals surface area contributed by atoms with Crippen LogP contribution in [0.3, 0.4) is 0 Å². The van der Waals surface area contributed by atoms with Gasteiger partial charge in [0.2, 0.25) is 0 Å². The predicted octanol–water partition coefficient (Wildman–Crippen LogP) is 7.51. The Morgan fingerprint density at radius 2 is 0.767 bits per heavy atom. The van der Waals surface area contributed by atoms with Crippen LogP contribution in [0.25, 0.3) is 0 Å². The van der Waals surface area contributed by atoms with E-state index in [1.54, 1.807) is 38.1 Å². The van der Waals surface area contributed by atoms with Gasteiger partial charge < -0.3 is 0 Å². The van der Waals surface area contributed by atoms with Gasteiger partial charge in [0, 0.05) is 0 Å². The van der Waals surface area contributed by atoms with Gasteiger partial charge in [-0.15, -0.1) is 0 Å². The number of alkyl halides is 6. The highest BCUT2D eigenvalue weighted by Crippen LogP contribution is 2.35. The van der Waals surface area contributed by atoms with Gasteiger partial charge in [-0.25, -0.2) is 9.98 Å². The number of halogens is 6. The van der Waals surface area contributed by atoms with Crippen LogP contribution in [0.1, 0.15) is 33.4 Å².